The Labute approximate surface area is 193 Å². The van der Waals surface area contributed by atoms with Gasteiger partial charge in [-0.25, -0.2) is 13.4 Å². The summed E-state index contributed by atoms with van der Waals surface area (Å²) in [6.45, 7) is 3.31. The Kier molecular flexibility index (Phi) is 9.15. The second-order valence-electron chi connectivity index (χ2n) is 6.90. The average Bonchev–Trinajstić information content (AvgIpc) is 3.34. The van der Waals surface area contributed by atoms with Crippen LogP contribution in [-0.2, 0) is 22.9 Å². The average molecular weight is 546 g/mol. The van der Waals surface area contributed by atoms with Crippen LogP contribution in [0.25, 0.3) is 0 Å². The van der Waals surface area contributed by atoms with E-state index in [9.17, 15) is 13.2 Å². The number of hydrogen-bond donors (Lipinski definition) is 3. The van der Waals surface area contributed by atoms with Gasteiger partial charge >= 0.3 is 0 Å². The Hall–Kier alpha value is -2.08. The Morgan fingerprint density at radius 3 is 2.73 bits per heavy atom. The first kappa shape index (κ1) is 24.2. The predicted molar refractivity (Wildman–Crippen MR) is 127 cm³/mol. The van der Waals surface area contributed by atoms with Crippen molar-refractivity contribution in [1.29, 1.82) is 0 Å². The lowest BCUT2D eigenvalue weighted by molar-refractivity contribution is 0.0948. The first-order valence-corrected chi connectivity index (χ1v) is 11.4. The molecule has 0 aliphatic carbocycles. The van der Waals surface area contributed by atoms with Gasteiger partial charge in [-0.2, -0.15) is 0 Å². The zero-order valence-corrected chi connectivity index (χ0v) is 19.9. The lowest BCUT2D eigenvalue weighted by atomic mass is 10.1. The van der Waals surface area contributed by atoms with Crippen LogP contribution >= 0.6 is 24.0 Å². The minimum Gasteiger partial charge on any atom is -0.467 e. The highest BCUT2D eigenvalue weighted by molar-refractivity contribution is 14.0. The maximum absolute atomic E-state index is 12.4. The van der Waals surface area contributed by atoms with Crippen molar-refractivity contribution in [1.82, 2.24) is 16.0 Å². The molecule has 1 unspecified atom stereocenters. The summed E-state index contributed by atoms with van der Waals surface area (Å²) in [6, 6.07) is 10.7. The minimum absolute atomic E-state index is 0. The van der Waals surface area contributed by atoms with Crippen molar-refractivity contribution < 1.29 is 17.6 Å². The molecule has 8 nitrogen and oxygen atoms in total. The van der Waals surface area contributed by atoms with Crippen LogP contribution < -0.4 is 16.0 Å². The van der Waals surface area contributed by atoms with Gasteiger partial charge in [-0.15, -0.1) is 24.0 Å². The molecule has 2 heterocycles. The van der Waals surface area contributed by atoms with E-state index < -0.39 is 9.84 Å². The highest BCUT2D eigenvalue weighted by Crippen LogP contribution is 2.11. The van der Waals surface area contributed by atoms with E-state index in [1.165, 1.54) is 0 Å². The number of rotatable bonds is 7. The molecule has 1 aliphatic rings. The van der Waals surface area contributed by atoms with E-state index in [0.717, 1.165) is 5.56 Å². The number of aliphatic imine (C=N–C) groups is 1. The summed E-state index contributed by atoms with van der Waals surface area (Å²) < 4.78 is 28.5. The molecule has 0 spiro atoms. The lowest BCUT2D eigenvalue weighted by Gasteiger charge is -2.15. The van der Waals surface area contributed by atoms with E-state index in [2.05, 4.69) is 20.9 Å². The van der Waals surface area contributed by atoms with Crippen LogP contribution in [0.15, 0.2) is 52.1 Å². The summed E-state index contributed by atoms with van der Waals surface area (Å²) in [4.78, 5) is 16.9. The van der Waals surface area contributed by atoms with Gasteiger partial charge in [0, 0.05) is 18.2 Å². The number of nitrogens with zero attached hydrogens (tertiary/aromatic N) is 1. The third-order valence-corrected chi connectivity index (χ3v) is 6.30. The molecule has 3 N–H and O–H groups in total. The Balaban J connectivity index is 0.00000320. The van der Waals surface area contributed by atoms with E-state index in [1.807, 2.05) is 19.1 Å². The number of guanidine groups is 1. The summed E-state index contributed by atoms with van der Waals surface area (Å²) in [6.07, 6.45) is 2.15. The second kappa shape index (κ2) is 11.3. The van der Waals surface area contributed by atoms with Gasteiger partial charge in [-0.05, 0) is 43.2 Å². The highest BCUT2D eigenvalue weighted by Gasteiger charge is 2.28. The van der Waals surface area contributed by atoms with Gasteiger partial charge < -0.3 is 20.4 Å². The standard InChI is InChI=1S/C20H26N4O4S.HI/c1-2-21-20(24-17-8-10-29(26,27)14-17)23-12-15-5-3-6-16(11-15)19(25)22-13-18-7-4-9-28-18;/h3-7,9,11,17H,2,8,10,12-14H2,1H3,(H,22,25)(H2,21,23,24);1H. The molecular formula is C20H27IN4O4S. The van der Waals surface area contributed by atoms with Crippen molar-refractivity contribution in [3.8, 4) is 0 Å². The molecular weight excluding hydrogens is 519 g/mol. The van der Waals surface area contributed by atoms with Crippen molar-refractivity contribution in [2.24, 2.45) is 4.99 Å². The molecule has 1 saturated heterocycles. The van der Waals surface area contributed by atoms with Crippen molar-refractivity contribution in [3.05, 3.63) is 59.5 Å². The quantitative estimate of drug-likeness (QED) is 0.279. The van der Waals surface area contributed by atoms with E-state index in [4.69, 9.17) is 4.42 Å². The second-order valence-corrected chi connectivity index (χ2v) is 9.13. The van der Waals surface area contributed by atoms with Crippen LogP contribution in [0.2, 0.25) is 0 Å². The van der Waals surface area contributed by atoms with Crippen LogP contribution in [0.3, 0.4) is 0 Å². The number of benzene rings is 1. The van der Waals surface area contributed by atoms with Crippen LogP contribution in [-0.4, -0.2) is 44.4 Å². The number of carbonyl (C=O) groups is 1. The van der Waals surface area contributed by atoms with Gasteiger partial charge in [0.1, 0.15) is 5.76 Å². The number of hydrogen-bond acceptors (Lipinski definition) is 5. The normalized spacial score (nSPS) is 17.8. The van der Waals surface area contributed by atoms with Gasteiger partial charge in [0.15, 0.2) is 15.8 Å². The molecule has 3 rings (SSSR count). The van der Waals surface area contributed by atoms with Crippen LogP contribution in [0, 0.1) is 0 Å². The van der Waals surface area contributed by atoms with Gasteiger partial charge in [0.25, 0.3) is 5.91 Å². The van der Waals surface area contributed by atoms with Crippen LogP contribution in [0.4, 0.5) is 0 Å². The number of halogens is 1. The van der Waals surface area contributed by atoms with Crippen molar-refractivity contribution in [2.45, 2.75) is 32.5 Å². The number of nitrogens with one attached hydrogen (secondary N) is 3. The van der Waals surface area contributed by atoms with Crippen molar-refractivity contribution in [3.63, 3.8) is 0 Å². The highest BCUT2D eigenvalue weighted by atomic mass is 127. The number of carbonyl (C=O) groups excluding carboxylic acids is 1. The third-order valence-electron chi connectivity index (χ3n) is 4.53. The Bertz CT molecular complexity index is 961. The number of amides is 1. The molecule has 1 aromatic carbocycles. The molecule has 10 heteroatoms. The largest absolute Gasteiger partial charge is 0.467 e. The van der Waals surface area contributed by atoms with Gasteiger partial charge in [-0.1, -0.05) is 12.1 Å². The zero-order valence-electron chi connectivity index (χ0n) is 16.8. The Morgan fingerprint density at radius 1 is 1.23 bits per heavy atom. The summed E-state index contributed by atoms with van der Waals surface area (Å²) in [5, 5.41) is 9.14. The fourth-order valence-electron chi connectivity index (χ4n) is 3.09. The number of sulfone groups is 1. The molecule has 2 aromatic rings. The van der Waals surface area contributed by atoms with E-state index in [1.54, 1.807) is 30.5 Å². The predicted octanol–water partition coefficient (Wildman–Crippen LogP) is 2.07. The molecule has 30 heavy (non-hydrogen) atoms. The minimum atomic E-state index is -2.96. The molecule has 1 atom stereocenters. The molecule has 0 radical (unpaired) electrons. The first-order chi connectivity index (χ1) is 13.9. The number of furan rings is 1. The first-order valence-electron chi connectivity index (χ1n) is 9.60. The zero-order chi connectivity index (χ0) is 20.7. The van der Waals surface area contributed by atoms with Gasteiger partial charge in [0.2, 0.25) is 0 Å². The Morgan fingerprint density at radius 2 is 2.07 bits per heavy atom. The monoisotopic (exact) mass is 546 g/mol. The SMILES string of the molecule is CCNC(=NCc1cccc(C(=O)NCc2ccco2)c1)NC1CCS(=O)(=O)C1.I. The smallest absolute Gasteiger partial charge is 0.251 e. The van der Waals surface area contributed by atoms with Gasteiger partial charge in [0.05, 0.1) is 30.9 Å². The van der Waals surface area contributed by atoms with Gasteiger partial charge in [-0.3, -0.25) is 4.79 Å². The van der Waals surface area contributed by atoms with Crippen LogP contribution in [0.5, 0.6) is 0 Å². The molecule has 1 amide bonds. The molecule has 1 aromatic heterocycles. The topological polar surface area (TPSA) is 113 Å². The molecule has 1 aliphatic heterocycles. The van der Waals surface area contributed by atoms with Crippen molar-refractivity contribution >= 4 is 45.7 Å². The summed E-state index contributed by atoms with van der Waals surface area (Å²) in [7, 11) is -2.96. The van der Waals surface area contributed by atoms with Crippen LogP contribution in [0.1, 0.15) is 35.0 Å². The summed E-state index contributed by atoms with van der Waals surface area (Å²) in [5.41, 5.74) is 1.43. The maximum atomic E-state index is 12.4. The third kappa shape index (κ3) is 7.31. The van der Waals surface area contributed by atoms with Crippen molar-refractivity contribution in [2.75, 3.05) is 18.1 Å². The fraction of sp³-hybridized carbons (Fsp3) is 0.400. The fourth-order valence-corrected chi connectivity index (χ4v) is 4.76. The lowest BCUT2D eigenvalue weighted by Crippen LogP contribution is -2.44. The summed E-state index contributed by atoms with van der Waals surface area (Å²) in [5.74, 6) is 1.41. The van der Waals surface area contributed by atoms with E-state index in [-0.39, 0.29) is 47.4 Å². The molecule has 1 fully saturated rings. The molecule has 0 saturated carbocycles. The molecule has 164 valence electrons. The van der Waals surface area contributed by atoms with E-state index >= 15 is 0 Å². The maximum Gasteiger partial charge on any atom is 0.251 e. The van der Waals surface area contributed by atoms with E-state index in [0.29, 0.717) is 43.3 Å². The summed E-state index contributed by atoms with van der Waals surface area (Å²) >= 11 is 0. The molecule has 0 bridgehead atoms.